The van der Waals surface area contributed by atoms with Gasteiger partial charge >= 0.3 is 0 Å². The minimum atomic E-state index is -0.162. The number of carbonyl (C=O) groups excluding carboxylic acids is 2. The summed E-state index contributed by atoms with van der Waals surface area (Å²) in [5.41, 5.74) is 3.40. The summed E-state index contributed by atoms with van der Waals surface area (Å²) in [6.45, 7) is 0. The van der Waals surface area contributed by atoms with E-state index in [0.29, 0.717) is 10.6 Å². The molecule has 0 radical (unpaired) electrons. The van der Waals surface area contributed by atoms with E-state index in [4.69, 9.17) is 0 Å². The first-order chi connectivity index (χ1) is 15.7. The lowest BCUT2D eigenvalue weighted by molar-refractivity contribution is -0.113. The van der Waals surface area contributed by atoms with Gasteiger partial charge in [-0.05, 0) is 55.5 Å². The maximum absolute atomic E-state index is 13.2. The Morgan fingerprint density at radius 3 is 2.56 bits per heavy atom. The minimum absolute atomic E-state index is 0.124. The number of amides is 2. The Morgan fingerprint density at radius 1 is 0.938 bits per heavy atom. The van der Waals surface area contributed by atoms with Crippen molar-refractivity contribution in [2.45, 2.75) is 30.0 Å². The molecule has 5 rings (SSSR count). The van der Waals surface area contributed by atoms with Crippen molar-refractivity contribution in [2.75, 3.05) is 16.4 Å². The van der Waals surface area contributed by atoms with E-state index in [0.717, 1.165) is 51.5 Å². The number of anilines is 2. The molecule has 0 aliphatic heterocycles. The molecule has 8 heteroatoms. The highest BCUT2D eigenvalue weighted by molar-refractivity contribution is 8.01. The SMILES string of the molecule is O=C(CSc1nc2ccccc2s1)Nc1sc2c(c1C(=O)Nc1ccccc1)CCCC2. The van der Waals surface area contributed by atoms with Gasteiger partial charge in [-0.3, -0.25) is 9.59 Å². The van der Waals surface area contributed by atoms with Crippen LogP contribution >= 0.6 is 34.4 Å². The third kappa shape index (κ3) is 4.57. The normalized spacial score (nSPS) is 13.0. The van der Waals surface area contributed by atoms with Gasteiger partial charge in [0, 0.05) is 10.6 Å². The Morgan fingerprint density at radius 2 is 1.72 bits per heavy atom. The number of aromatic nitrogens is 1. The molecule has 4 aromatic rings. The van der Waals surface area contributed by atoms with Gasteiger partial charge in [0.1, 0.15) is 5.00 Å². The van der Waals surface area contributed by atoms with Gasteiger partial charge in [-0.2, -0.15) is 0 Å². The number of nitrogens with one attached hydrogen (secondary N) is 2. The van der Waals surface area contributed by atoms with E-state index < -0.39 is 0 Å². The van der Waals surface area contributed by atoms with Gasteiger partial charge in [0.2, 0.25) is 5.91 Å². The number of para-hydroxylation sites is 2. The lowest BCUT2D eigenvalue weighted by Gasteiger charge is -2.13. The zero-order valence-electron chi connectivity index (χ0n) is 17.2. The third-order valence-corrected chi connectivity index (χ3v) is 8.67. The van der Waals surface area contributed by atoms with Crippen LogP contribution < -0.4 is 10.6 Å². The molecule has 5 nitrogen and oxygen atoms in total. The molecule has 0 atom stereocenters. The number of nitrogens with zero attached hydrogens (tertiary/aromatic N) is 1. The van der Waals surface area contributed by atoms with Gasteiger partial charge < -0.3 is 10.6 Å². The Balaban J connectivity index is 1.32. The number of fused-ring (bicyclic) bond motifs is 2. The van der Waals surface area contributed by atoms with Crippen molar-refractivity contribution in [3.63, 3.8) is 0 Å². The zero-order valence-corrected chi connectivity index (χ0v) is 19.7. The van der Waals surface area contributed by atoms with E-state index in [-0.39, 0.29) is 17.6 Å². The van der Waals surface area contributed by atoms with Crippen molar-refractivity contribution in [3.05, 3.63) is 70.6 Å². The van der Waals surface area contributed by atoms with Gasteiger partial charge in [-0.25, -0.2) is 4.98 Å². The molecule has 2 heterocycles. The molecule has 0 fully saturated rings. The summed E-state index contributed by atoms with van der Waals surface area (Å²) in [5, 5.41) is 6.65. The van der Waals surface area contributed by atoms with Crippen LogP contribution in [0.2, 0.25) is 0 Å². The van der Waals surface area contributed by atoms with E-state index >= 15 is 0 Å². The molecule has 0 saturated heterocycles. The van der Waals surface area contributed by atoms with Crippen LogP contribution in [0.1, 0.15) is 33.6 Å². The summed E-state index contributed by atoms with van der Waals surface area (Å²) in [6.07, 6.45) is 4.02. The summed E-state index contributed by atoms with van der Waals surface area (Å²) in [5.74, 6) is -0.0337. The molecule has 0 saturated carbocycles. The minimum Gasteiger partial charge on any atom is -0.322 e. The van der Waals surface area contributed by atoms with Crippen molar-refractivity contribution in [2.24, 2.45) is 0 Å². The third-order valence-electron chi connectivity index (χ3n) is 5.28. The Hall–Kier alpha value is -2.68. The molecule has 1 aliphatic carbocycles. The van der Waals surface area contributed by atoms with Crippen molar-refractivity contribution in [3.8, 4) is 0 Å². The first-order valence-corrected chi connectivity index (χ1v) is 13.1. The number of aryl methyl sites for hydroxylation is 1. The van der Waals surface area contributed by atoms with Gasteiger partial charge in [-0.1, -0.05) is 42.1 Å². The van der Waals surface area contributed by atoms with Crippen LogP contribution in [0.25, 0.3) is 10.2 Å². The van der Waals surface area contributed by atoms with Crippen LogP contribution in [0.15, 0.2) is 58.9 Å². The topological polar surface area (TPSA) is 71.1 Å². The fourth-order valence-electron chi connectivity index (χ4n) is 3.81. The van der Waals surface area contributed by atoms with Crippen LogP contribution in [-0.2, 0) is 17.6 Å². The maximum Gasteiger partial charge on any atom is 0.258 e. The summed E-state index contributed by atoms with van der Waals surface area (Å²) in [4.78, 5) is 31.7. The number of carbonyl (C=O) groups is 2. The molecule has 0 unspecified atom stereocenters. The number of thioether (sulfide) groups is 1. The molecule has 0 bridgehead atoms. The summed E-state index contributed by atoms with van der Waals surface area (Å²) < 4.78 is 1.98. The predicted molar refractivity (Wildman–Crippen MR) is 134 cm³/mol. The van der Waals surface area contributed by atoms with E-state index in [1.807, 2.05) is 54.6 Å². The highest BCUT2D eigenvalue weighted by Crippen LogP contribution is 2.39. The molecule has 1 aliphatic rings. The zero-order chi connectivity index (χ0) is 21.9. The van der Waals surface area contributed by atoms with Crippen molar-refractivity contribution in [1.82, 2.24) is 4.98 Å². The van der Waals surface area contributed by atoms with Gasteiger partial charge in [0.05, 0.1) is 21.5 Å². The van der Waals surface area contributed by atoms with Crippen LogP contribution in [0.3, 0.4) is 0 Å². The van der Waals surface area contributed by atoms with E-state index in [2.05, 4.69) is 15.6 Å². The molecular weight excluding hydrogens is 458 g/mol. The lowest BCUT2D eigenvalue weighted by Crippen LogP contribution is -2.19. The number of benzene rings is 2. The fourth-order valence-corrected chi connectivity index (χ4v) is 6.98. The number of hydrogen-bond acceptors (Lipinski definition) is 6. The van der Waals surface area contributed by atoms with Gasteiger partial charge in [0.15, 0.2) is 4.34 Å². The number of rotatable bonds is 6. The van der Waals surface area contributed by atoms with Crippen molar-refractivity contribution < 1.29 is 9.59 Å². The fraction of sp³-hybridized carbons (Fsp3) is 0.208. The van der Waals surface area contributed by atoms with E-state index in [9.17, 15) is 9.59 Å². The molecule has 32 heavy (non-hydrogen) atoms. The average Bonchev–Trinajstić information content (AvgIpc) is 3.39. The monoisotopic (exact) mass is 479 g/mol. The summed E-state index contributed by atoms with van der Waals surface area (Å²) >= 11 is 4.55. The van der Waals surface area contributed by atoms with Gasteiger partial charge in [0.25, 0.3) is 5.91 Å². The van der Waals surface area contributed by atoms with Crippen LogP contribution in [0.4, 0.5) is 10.7 Å². The number of thiazole rings is 1. The second-order valence-electron chi connectivity index (χ2n) is 7.52. The average molecular weight is 480 g/mol. The largest absolute Gasteiger partial charge is 0.322 e. The van der Waals surface area contributed by atoms with Crippen molar-refractivity contribution in [1.29, 1.82) is 0 Å². The van der Waals surface area contributed by atoms with E-state index in [1.54, 1.807) is 11.3 Å². The first kappa shape index (κ1) is 21.2. The molecule has 2 aromatic carbocycles. The van der Waals surface area contributed by atoms with E-state index in [1.165, 1.54) is 28.0 Å². The second kappa shape index (κ2) is 9.44. The first-order valence-electron chi connectivity index (χ1n) is 10.5. The maximum atomic E-state index is 13.2. The van der Waals surface area contributed by atoms with Crippen molar-refractivity contribution >= 4 is 67.2 Å². The Kier molecular flexibility index (Phi) is 6.25. The number of thiophene rings is 1. The highest BCUT2D eigenvalue weighted by Gasteiger charge is 2.26. The predicted octanol–water partition coefficient (Wildman–Crippen LogP) is 6.22. The highest BCUT2D eigenvalue weighted by atomic mass is 32.2. The van der Waals surface area contributed by atoms with Crippen LogP contribution in [0.5, 0.6) is 0 Å². The Labute approximate surface area is 198 Å². The quantitative estimate of drug-likeness (QED) is 0.322. The molecule has 0 spiro atoms. The molecule has 2 N–H and O–H groups in total. The smallest absolute Gasteiger partial charge is 0.258 e. The Bertz CT molecular complexity index is 1250. The van der Waals surface area contributed by atoms with Crippen LogP contribution in [0, 0.1) is 0 Å². The standard InChI is InChI=1S/C24H21N3O2S3/c28-20(14-30-24-26-17-11-5-7-13-19(17)32-24)27-23-21(16-10-4-6-12-18(16)31-23)22(29)25-15-8-2-1-3-9-15/h1-3,5,7-9,11,13H,4,6,10,12,14H2,(H,25,29)(H,27,28). The molecular formula is C24H21N3O2S3. The molecule has 2 aromatic heterocycles. The lowest BCUT2D eigenvalue weighted by atomic mass is 9.95. The van der Waals surface area contributed by atoms with Gasteiger partial charge in [-0.15, -0.1) is 22.7 Å². The van der Waals surface area contributed by atoms with Crippen LogP contribution in [-0.4, -0.2) is 22.6 Å². The molecule has 2 amide bonds. The number of hydrogen-bond donors (Lipinski definition) is 2. The summed E-state index contributed by atoms with van der Waals surface area (Å²) in [6, 6.07) is 17.4. The molecule has 162 valence electrons. The second-order valence-corrected chi connectivity index (χ2v) is 10.9. The summed E-state index contributed by atoms with van der Waals surface area (Å²) in [7, 11) is 0.